The summed E-state index contributed by atoms with van der Waals surface area (Å²) in [5, 5.41) is 0. The van der Waals surface area contributed by atoms with Crippen molar-refractivity contribution < 1.29 is 9.53 Å². The Hall–Kier alpha value is -0.770. The molecule has 4 nitrogen and oxygen atoms in total. The summed E-state index contributed by atoms with van der Waals surface area (Å²) in [7, 11) is 0. The molecular formula is C14H28N2O2. The molecule has 0 aromatic rings. The predicted octanol–water partition coefficient (Wildman–Crippen LogP) is 2.73. The first-order chi connectivity index (χ1) is 8.42. The molecule has 1 amide bonds. The Morgan fingerprint density at radius 2 is 1.72 bits per heavy atom. The summed E-state index contributed by atoms with van der Waals surface area (Å²) < 4.78 is 5.05. The lowest BCUT2D eigenvalue weighted by Gasteiger charge is -2.19. The number of carbonyl (C=O) groups excluding carboxylic acids is 1. The van der Waals surface area contributed by atoms with E-state index >= 15 is 0 Å². The van der Waals surface area contributed by atoms with Gasteiger partial charge in [-0.15, -0.1) is 0 Å². The van der Waals surface area contributed by atoms with Crippen LogP contribution in [0.5, 0.6) is 0 Å². The third-order valence-electron chi connectivity index (χ3n) is 2.72. The lowest BCUT2D eigenvalue weighted by molar-refractivity contribution is 0.0423. The highest BCUT2D eigenvalue weighted by Gasteiger charge is 2.28. The van der Waals surface area contributed by atoms with Gasteiger partial charge in [-0.25, -0.2) is 4.79 Å². The lowest BCUT2D eigenvalue weighted by Crippen LogP contribution is -2.26. The summed E-state index contributed by atoms with van der Waals surface area (Å²) in [5.41, 5.74) is -0.348. The van der Waals surface area contributed by atoms with Crippen molar-refractivity contribution in [3.05, 3.63) is 0 Å². The maximum Gasteiger partial charge on any atom is 0.410 e. The lowest BCUT2D eigenvalue weighted by atomic mass is 10.2. The molecule has 4 heteroatoms. The fraction of sp³-hybridized carbons (Fsp3) is 0.929. The normalized spacial score (nSPS) is 17.9. The van der Waals surface area contributed by atoms with Crippen LogP contribution in [0.25, 0.3) is 0 Å². The summed E-state index contributed by atoms with van der Waals surface area (Å²) in [6, 6.07) is 0. The fourth-order valence-electron chi connectivity index (χ4n) is 1.44. The molecule has 0 atom stereocenters. The van der Waals surface area contributed by atoms with Gasteiger partial charge in [0.05, 0.1) is 0 Å². The topological polar surface area (TPSA) is 32.3 Å². The number of hydrogen-bond acceptors (Lipinski definition) is 3. The number of carbonyl (C=O) groups is 1. The summed E-state index contributed by atoms with van der Waals surface area (Å²) in [5.74, 6) is 0. The van der Waals surface area contributed by atoms with Gasteiger partial charge < -0.3 is 14.5 Å². The molecule has 0 spiro atoms. The van der Waals surface area contributed by atoms with Crippen LogP contribution in [0, 0.1) is 0 Å². The Kier molecular flexibility index (Phi) is 5.93. The van der Waals surface area contributed by atoms with Crippen LogP contribution in [0.2, 0.25) is 0 Å². The first-order valence-electron chi connectivity index (χ1n) is 7.12. The van der Waals surface area contributed by atoms with E-state index in [1.807, 2.05) is 20.8 Å². The van der Waals surface area contributed by atoms with Gasteiger partial charge in [0.15, 0.2) is 0 Å². The second kappa shape index (κ2) is 6.98. The predicted molar refractivity (Wildman–Crippen MR) is 73.8 cm³/mol. The Bertz CT molecular complexity index is 253. The van der Waals surface area contributed by atoms with E-state index in [0.717, 1.165) is 13.1 Å². The van der Waals surface area contributed by atoms with Crippen LogP contribution in [0.15, 0.2) is 0 Å². The van der Waals surface area contributed by atoms with Crippen molar-refractivity contribution in [2.75, 3.05) is 32.7 Å². The summed E-state index contributed by atoms with van der Waals surface area (Å²) in [6.45, 7) is 13.7. The molecule has 106 valence electrons. The van der Waals surface area contributed by atoms with E-state index in [9.17, 15) is 4.79 Å². The zero-order valence-corrected chi connectivity index (χ0v) is 12.4. The summed E-state index contributed by atoms with van der Waals surface area (Å²) >= 11 is 0. The van der Waals surface area contributed by atoms with Gasteiger partial charge in [0.2, 0.25) is 0 Å². The second-order valence-electron chi connectivity index (χ2n) is 6.02. The Balaban J connectivity index is 0.000000184. The highest BCUT2D eigenvalue weighted by Crippen LogP contribution is 2.13. The zero-order valence-electron chi connectivity index (χ0n) is 12.4. The van der Waals surface area contributed by atoms with Gasteiger partial charge in [0, 0.05) is 26.2 Å². The first kappa shape index (κ1) is 15.3. The van der Waals surface area contributed by atoms with Crippen LogP contribution < -0.4 is 0 Å². The Morgan fingerprint density at radius 3 is 2.11 bits per heavy atom. The van der Waals surface area contributed by atoms with Crippen LogP contribution in [0.4, 0.5) is 4.79 Å². The highest BCUT2D eigenvalue weighted by atomic mass is 16.6. The van der Waals surface area contributed by atoms with Crippen molar-refractivity contribution >= 4 is 6.09 Å². The number of hydrogen-bond donors (Lipinski definition) is 0. The molecule has 2 saturated heterocycles. The van der Waals surface area contributed by atoms with E-state index < -0.39 is 0 Å². The minimum Gasteiger partial charge on any atom is -0.444 e. The standard InChI is InChI=1S/C7H13NO2.C7H15N/c1-7(2,3)10-6(9)8-4-5-8;1-2-3-4-5-8-6-7-8/h4-5H2,1-3H3;2-7H2,1H3. The number of unbranched alkanes of at least 4 members (excludes halogenated alkanes) is 2. The van der Waals surface area contributed by atoms with E-state index in [4.69, 9.17) is 4.74 Å². The third-order valence-corrected chi connectivity index (χ3v) is 2.72. The minimum atomic E-state index is -0.348. The molecule has 18 heavy (non-hydrogen) atoms. The van der Waals surface area contributed by atoms with Gasteiger partial charge in [0.1, 0.15) is 5.60 Å². The average Bonchev–Trinajstić information content (AvgIpc) is 3.12. The van der Waals surface area contributed by atoms with Crippen LogP contribution in [0.1, 0.15) is 47.0 Å². The molecule has 0 bridgehead atoms. The molecule has 0 aromatic heterocycles. The molecule has 0 N–H and O–H groups in total. The van der Waals surface area contributed by atoms with Gasteiger partial charge in [0.25, 0.3) is 0 Å². The molecule has 0 aromatic carbocycles. The molecule has 2 aliphatic rings. The van der Waals surface area contributed by atoms with Gasteiger partial charge >= 0.3 is 6.09 Å². The van der Waals surface area contributed by atoms with Crippen molar-refractivity contribution in [3.8, 4) is 0 Å². The third kappa shape index (κ3) is 8.34. The molecule has 0 saturated carbocycles. The van der Waals surface area contributed by atoms with E-state index in [1.54, 1.807) is 4.90 Å². The van der Waals surface area contributed by atoms with Crippen molar-refractivity contribution in [3.63, 3.8) is 0 Å². The first-order valence-corrected chi connectivity index (χ1v) is 7.12. The van der Waals surface area contributed by atoms with Crippen LogP contribution in [-0.2, 0) is 4.74 Å². The van der Waals surface area contributed by atoms with Crippen molar-refractivity contribution in [1.82, 2.24) is 9.80 Å². The van der Waals surface area contributed by atoms with Crippen LogP contribution in [-0.4, -0.2) is 54.2 Å². The molecular weight excluding hydrogens is 228 g/mol. The molecule has 2 fully saturated rings. The van der Waals surface area contributed by atoms with Crippen LogP contribution >= 0.6 is 0 Å². The maximum absolute atomic E-state index is 10.9. The molecule has 0 aliphatic carbocycles. The number of amides is 1. The Labute approximate surface area is 111 Å². The van der Waals surface area contributed by atoms with E-state index in [1.165, 1.54) is 38.9 Å². The van der Waals surface area contributed by atoms with E-state index in [2.05, 4.69) is 11.8 Å². The minimum absolute atomic E-state index is 0.187. The average molecular weight is 256 g/mol. The van der Waals surface area contributed by atoms with Crippen molar-refractivity contribution in [1.29, 1.82) is 0 Å². The number of rotatable bonds is 4. The number of ether oxygens (including phenoxy) is 1. The number of nitrogens with zero attached hydrogens (tertiary/aromatic N) is 2. The van der Waals surface area contributed by atoms with Gasteiger partial charge in [-0.1, -0.05) is 19.8 Å². The Morgan fingerprint density at radius 1 is 1.11 bits per heavy atom. The van der Waals surface area contributed by atoms with E-state index in [0.29, 0.717) is 0 Å². The van der Waals surface area contributed by atoms with Crippen molar-refractivity contribution in [2.24, 2.45) is 0 Å². The van der Waals surface area contributed by atoms with E-state index in [-0.39, 0.29) is 11.7 Å². The van der Waals surface area contributed by atoms with Gasteiger partial charge in [-0.2, -0.15) is 0 Å². The molecule has 2 aliphatic heterocycles. The zero-order chi connectivity index (χ0) is 13.6. The highest BCUT2D eigenvalue weighted by molar-refractivity contribution is 5.70. The fourth-order valence-corrected chi connectivity index (χ4v) is 1.44. The smallest absolute Gasteiger partial charge is 0.410 e. The largest absolute Gasteiger partial charge is 0.444 e. The molecule has 2 heterocycles. The monoisotopic (exact) mass is 256 g/mol. The SMILES string of the molecule is CC(C)(C)OC(=O)N1CC1.CCCCCN1CC1. The van der Waals surface area contributed by atoms with Gasteiger partial charge in [-0.3, -0.25) is 0 Å². The maximum atomic E-state index is 10.9. The van der Waals surface area contributed by atoms with Crippen LogP contribution in [0.3, 0.4) is 0 Å². The quantitative estimate of drug-likeness (QED) is 0.572. The summed E-state index contributed by atoms with van der Waals surface area (Å²) in [6.07, 6.45) is 3.99. The van der Waals surface area contributed by atoms with Gasteiger partial charge in [-0.05, 0) is 33.7 Å². The van der Waals surface area contributed by atoms with Crippen molar-refractivity contribution in [2.45, 2.75) is 52.6 Å². The summed E-state index contributed by atoms with van der Waals surface area (Å²) in [4.78, 5) is 15.1. The molecule has 0 radical (unpaired) electrons. The second-order valence-corrected chi connectivity index (χ2v) is 6.02. The molecule has 2 rings (SSSR count). The molecule has 0 unspecified atom stereocenters.